The third kappa shape index (κ3) is 2.64. The summed E-state index contributed by atoms with van der Waals surface area (Å²) in [4.78, 5) is 21.0. The Balaban J connectivity index is 2.54. The van der Waals surface area contributed by atoms with Gasteiger partial charge in [-0.3, -0.25) is 10.1 Å². The van der Waals surface area contributed by atoms with E-state index in [9.17, 15) is 28.8 Å². The molecule has 0 bridgehead atoms. The van der Waals surface area contributed by atoms with E-state index in [1.807, 2.05) is 5.32 Å². The monoisotopic (exact) mass is 304 g/mol. The van der Waals surface area contributed by atoms with Gasteiger partial charge in [-0.05, 0) is 11.6 Å². The van der Waals surface area contributed by atoms with Crippen LogP contribution in [0.15, 0.2) is 12.1 Å². The van der Waals surface area contributed by atoms with Crippen molar-refractivity contribution in [3.63, 3.8) is 0 Å². The van der Waals surface area contributed by atoms with Crippen LogP contribution in [0.25, 0.3) is 0 Å². The standard InChI is InChI=1S/C11H10F2N2O6/c1-20-7-3-5(2-6(8(7)16)15(18)19)9-11(12,13)4-21-10(17)14-9/h2-3,9,16H,4H2,1H3,(H,14,17)/t9-/m0/s1. The summed E-state index contributed by atoms with van der Waals surface area (Å²) in [6.07, 6.45) is -1.07. The van der Waals surface area contributed by atoms with Crippen molar-refractivity contribution >= 4 is 11.8 Å². The molecule has 0 unspecified atom stereocenters. The maximum Gasteiger partial charge on any atom is 0.408 e. The molecule has 1 aliphatic rings. The van der Waals surface area contributed by atoms with Crippen molar-refractivity contribution in [2.45, 2.75) is 12.0 Å². The molecule has 0 saturated carbocycles. The molecule has 0 aromatic heterocycles. The normalized spacial score (nSPS) is 20.3. The minimum Gasteiger partial charge on any atom is -0.500 e. The summed E-state index contributed by atoms with van der Waals surface area (Å²) in [6.45, 7) is -1.15. The van der Waals surface area contributed by atoms with Gasteiger partial charge in [0, 0.05) is 6.07 Å². The third-order valence-corrected chi connectivity index (χ3v) is 2.91. The lowest BCUT2D eigenvalue weighted by atomic mass is 9.99. The van der Waals surface area contributed by atoms with Crippen LogP contribution in [0, 0.1) is 10.1 Å². The fourth-order valence-electron chi connectivity index (χ4n) is 1.91. The highest BCUT2D eigenvalue weighted by molar-refractivity contribution is 5.70. The van der Waals surface area contributed by atoms with Crippen molar-refractivity contribution in [3.8, 4) is 11.5 Å². The lowest BCUT2D eigenvalue weighted by molar-refractivity contribution is -0.386. The molecule has 2 N–H and O–H groups in total. The van der Waals surface area contributed by atoms with Crippen LogP contribution < -0.4 is 10.1 Å². The van der Waals surface area contributed by atoms with Crippen LogP contribution in [-0.4, -0.2) is 35.8 Å². The van der Waals surface area contributed by atoms with Crippen LogP contribution >= 0.6 is 0 Å². The second-order valence-electron chi connectivity index (χ2n) is 4.26. The van der Waals surface area contributed by atoms with Crippen LogP contribution in [0.1, 0.15) is 11.6 Å². The number of hydrogen-bond acceptors (Lipinski definition) is 6. The largest absolute Gasteiger partial charge is 0.500 e. The molecule has 2 rings (SSSR count). The summed E-state index contributed by atoms with van der Waals surface area (Å²) in [5, 5.41) is 22.3. The number of aromatic hydroxyl groups is 1. The zero-order chi connectivity index (χ0) is 15.8. The molecule has 0 aliphatic carbocycles. The van der Waals surface area contributed by atoms with Gasteiger partial charge in [-0.1, -0.05) is 0 Å². The number of alkyl halides is 2. The van der Waals surface area contributed by atoms with Crippen molar-refractivity contribution in [3.05, 3.63) is 27.8 Å². The number of rotatable bonds is 3. The highest BCUT2D eigenvalue weighted by Gasteiger charge is 2.47. The first kappa shape index (κ1) is 14.8. The summed E-state index contributed by atoms with van der Waals surface area (Å²) < 4.78 is 36.5. The van der Waals surface area contributed by atoms with Crippen molar-refractivity contribution in [1.29, 1.82) is 0 Å². The number of nitro benzene ring substituents is 1. The Morgan fingerprint density at radius 1 is 1.57 bits per heavy atom. The molecular weight excluding hydrogens is 294 g/mol. The van der Waals surface area contributed by atoms with Gasteiger partial charge in [0.1, 0.15) is 6.04 Å². The number of alkyl carbamates (subject to hydrolysis) is 1. The number of nitro groups is 1. The van der Waals surface area contributed by atoms with Crippen LogP contribution in [0.4, 0.5) is 19.3 Å². The zero-order valence-electron chi connectivity index (χ0n) is 10.6. The van der Waals surface area contributed by atoms with Crippen LogP contribution in [-0.2, 0) is 4.74 Å². The number of cyclic esters (lactones) is 1. The molecule has 1 fully saturated rings. The molecule has 0 radical (unpaired) electrons. The topological polar surface area (TPSA) is 111 Å². The fraction of sp³-hybridized carbons (Fsp3) is 0.364. The summed E-state index contributed by atoms with van der Waals surface area (Å²) >= 11 is 0. The number of carbonyl (C=O) groups is 1. The molecule has 1 aromatic carbocycles. The molecule has 114 valence electrons. The van der Waals surface area contributed by atoms with E-state index < -0.39 is 41.0 Å². The van der Waals surface area contributed by atoms with Crippen molar-refractivity contribution in [2.24, 2.45) is 0 Å². The van der Waals surface area contributed by atoms with Gasteiger partial charge in [0.25, 0.3) is 0 Å². The first-order chi connectivity index (χ1) is 9.76. The minimum atomic E-state index is -3.47. The predicted molar refractivity (Wildman–Crippen MR) is 63.5 cm³/mol. The molecular formula is C11H10F2N2O6. The molecule has 1 aromatic rings. The van der Waals surface area contributed by atoms with Gasteiger partial charge < -0.3 is 19.9 Å². The molecule has 1 atom stereocenters. The third-order valence-electron chi connectivity index (χ3n) is 2.91. The van der Waals surface area contributed by atoms with Crippen LogP contribution in [0.2, 0.25) is 0 Å². The van der Waals surface area contributed by atoms with E-state index in [0.29, 0.717) is 0 Å². The van der Waals surface area contributed by atoms with Gasteiger partial charge in [-0.15, -0.1) is 0 Å². The van der Waals surface area contributed by atoms with Gasteiger partial charge in [-0.2, -0.15) is 0 Å². The summed E-state index contributed by atoms with van der Waals surface area (Å²) in [7, 11) is 1.11. The maximum atomic E-state index is 13.8. The van der Waals surface area contributed by atoms with Gasteiger partial charge in [0.15, 0.2) is 12.4 Å². The Bertz CT molecular complexity index is 607. The van der Waals surface area contributed by atoms with Crippen LogP contribution in [0.5, 0.6) is 11.5 Å². The molecule has 1 amide bonds. The fourth-order valence-corrected chi connectivity index (χ4v) is 1.91. The van der Waals surface area contributed by atoms with E-state index >= 15 is 0 Å². The number of nitrogens with one attached hydrogen (secondary N) is 1. The highest BCUT2D eigenvalue weighted by atomic mass is 19.3. The molecule has 1 heterocycles. The lowest BCUT2D eigenvalue weighted by Crippen LogP contribution is -2.49. The SMILES string of the molecule is COc1cc([C@@H]2NC(=O)OCC2(F)F)cc([N+](=O)[O-])c1O. The van der Waals surface area contributed by atoms with Gasteiger partial charge in [-0.25, -0.2) is 13.6 Å². The minimum absolute atomic E-state index is 0.280. The number of hydrogen-bond donors (Lipinski definition) is 2. The number of carbonyl (C=O) groups excluding carboxylic acids is 1. The Kier molecular flexibility index (Phi) is 3.54. The maximum absolute atomic E-state index is 13.8. The number of halogens is 2. The zero-order valence-corrected chi connectivity index (χ0v) is 10.6. The Morgan fingerprint density at radius 3 is 2.81 bits per heavy atom. The first-order valence-corrected chi connectivity index (χ1v) is 5.62. The Labute approximate surface area is 116 Å². The number of amides is 1. The van der Waals surface area contributed by atoms with E-state index in [-0.39, 0.29) is 11.3 Å². The quantitative estimate of drug-likeness (QED) is 0.649. The summed E-state index contributed by atoms with van der Waals surface area (Å²) in [5.74, 6) is -4.60. The van der Waals surface area contributed by atoms with Crippen molar-refractivity contribution < 1.29 is 33.1 Å². The van der Waals surface area contributed by atoms with Gasteiger partial charge >= 0.3 is 17.7 Å². The Morgan fingerprint density at radius 2 is 2.24 bits per heavy atom. The van der Waals surface area contributed by atoms with E-state index in [1.54, 1.807) is 0 Å². The van der Waals surface area contributed by atoms with Crippen LogP contribution in [0.3, 0.4) is 0 Å². The molecule has 8 nitrogen and oxygen atoms in total. The summed E-state index contributed by atoms with van der Waals surface area (Å²) in [5.41, 5.74) is -1.08. The number of benzene rings is 1. The van der Waals surface area contributed by atoms with Crippen molar-refractivity contribution in [2.75, 3.05) is 13.7 Å². The van der Waals surface area contributed by atoms with E-state index in [4.69, 9.17) is 4.74 Å². The number of nitrogens with zero attached hydrogens (tertiary/aromatic N) is 1. The average Bonchev–Trinajstić information content (AvgIpc) is 2.41. The molecule has 10 heteroatoms. The van der Waals surface area contributed by atoms with E-state index in [0.717, 1.165) is 19.2 Å². The second kappa shape index (κ2) is 5.04. The molecule has 0 spiro atoms. The van der Waals surface area contributed by atoms with Gasteiger partial charge in [0.05, 0.1) is 12.0 Å². The molecule has 1 saturated heterocycles. The molecule has 1 aliphatic heterocycles. The van der Waals surface area contributed by atoms with Gasteiger partial charge in [0.2, 0.25) is 5.75 Å². The number of phenols is 1. The molecule has 21 heavy (non-hydrogen) atoms. The Hall–Kier alpha value is -2.65. The summed E-state index contributed by atoms with van der Waals surface area (Å²) in [6, 6.07) is -0.0823. The average molecular weight is 304 g/mol. The second-order valence-corrected chi connectivity index (χ2v) is 4.26. The smallest absolute Gasteiger partial charge is 0.408 e. The first-order valence-electron chi connectivity index (χ1n) is 5.62. The highest BCUT2D eigenvalue weighted by Crippen LogP contribution is 2.42. The lowest BCUT2D eigenvalue weighted by Gasteiger charge is -2.31. The van der Waals surface area contributed by atoms with E-state index in [2.05, 4.69) is 4.74 Å². The van der Waals surface area contributed by atoms with E-state index in [1.165, 1.54) is 0 Å². The number of methoxy groups -OCH3 is 1. The number of phenolic OH excluding ortho intramolecular Hbond substituents is 1. The number of ether oxygens (including phenoxy) is 2. The van der Waals surface area contributed by atoms with Crippen molar-refractivity contribution in [1.82, 2.24) is 5.32 Å². The predicted octanol–water partition coefficient (Wildman–Crippen LogP) is 1.73.